The number of guanidine groups is 1. The van der Waals surface area contributed by atoms with Crippen molar-refractivity contribution in [1.82, 2.24) is 0 Å². The Bertz CT molecular complexity index is 436. The summed E-state index contributed by atoms with van der Waals surface area (Å²) in [7, 11) is 0. The normalized spacial score (nSPS) is 20.4. The molecule has 1 aromatic rings. The van der Waals surface area contributed by atoms with Gasteiger partial charge in [-0.2, -0.15) is 0 Å². The highest BCUT2D eigenvalue weighted by Gasteiger charge is 2.31. The van der Waals surface area contributed by atoms with Gasteiger partial charge in [0.2, 0.25) is 0 Å². The summed E-state index contributed by atoms with van der Waals surface area (Å²) in [6.07, 6.45) is 2.34. The standard InChI is InChI=1S/C14H21N3.HI/c1-14(2)8-7-10(9-17-13(15)16)11-5-3-4-6-12(11)14;/h3-6,10H,7-9H2,1-2H3,(H4,15,16,17);1H. The van der Waals surface area contributed by atoms with Crippen LogP contribution in [0.3, 0.4) is 0 Å². The summed E-state index contributed by atoms with van der Waals surface area (Å²) >= 11 is 0. The molecule has 0 aliphatic heterocycles. The Kier molecular flexibility index (Phi) is 5.01. The van der Waals surface area contributed by atoms with Crippen LogP contribution in [0.5, 0.6) is 0 Å². The molecule has 0 saturated carbocycles. The number of fused-ring (bicyclic) bond motifs is 1. The summed E-state index contributed by atoms with van der Waals surface area (Å²) in [5, 5.41) is 0. The maximum Gasteiger partial charge on any atom is 0.185 e. The minimum Gasteiger partial charge on any atom is -0.370 e. The highest BCUT2D eigenvalue weighted by atomic mass is 127. The van der Waals surface area contributed by atoms with E-state index in [1.165, 1.54) is 17.5 Å². The van der Waals surface area contributed by atoms with E-state index in [0.29, 0.717) is 12.5 Å². The van der Waals surface area contributed by atoms with Crippen molar-refractivity contribution in [1.29, 1.82) is 0 Å². The van der Waals surface area contributed by atoms with Gasteiger partial charge in [-0.3, -0.25) is 4.99 Å². The number of hydrogen-bond donors (Lipinski definition) is 2. The first kappa shape index (κ1) is 15.3. The minimum absolute atomic E-state index is 0. The van der Waals surface area contributed by atoms with Crippen LogP contribution in [0.1, 0.15) is 43.7 Å². The Balaban J connectivity index is 0.00000162. The molecule has 2 rings (SSSR count). The van der Waals surface area contributed by atoms with E-state index < -0.39 is 0 Å². The number of hydrogen-bond acceptors (Lipinski definition) is 1. The molecule has 18 heavy (non-hydrogen) atoms. The van der Waals surface area contributed by atoms with Crippen LogP contribution < -0.4 is 11.5 Å². The van der Waals surface area contributed by atoms with Gasteiger partial charge in [-0.25, -0.2) is 0 Å². The Morgan fingerprint density at radius 2 is 2.00 bits per heavy atom. The zero-order valence-electron chi connectivity index (χ0n) is 11.0. The third-order valence-electron chi connectivity index (χ3n) is 3.74. The molecule has 4 heteroatoms. The lowest BCUT2D eigenvalue weighted by Crippen LogP contribution is -2.28. The molecule has 0 aromatic heterocycles. The fourth-order valence-electron chi connectivity index (χ4n) is 2.70. The fraction of sp³-hybridized carbons (Fsp3) is 0.500. The van der Waals surface area contributed by atoms with Crippen LogP contribution in [-0.4, -0.2) is 12.5 Å². The van der Waals surface area contributed by atoms with Crippen molar-refractivity contribution in [2.24, 2.45) is 16.5 Å². The smallest absolute Gasteiger partial charge is 0.185 e. The van der Waals surface area contributed by atoms with E-state index in [1.54, 1.807) is 0 Å². The Morgan fingerprint density at radius 3 is 2.67 bits per heavy atom. The molecule has 0 heterocycles. The fourth-order valence-corrected chi connectivity index (χ4v) is 2.70. The number of aliphatic imine (C=N–C) groups is 1. The highest BCUT2D eigenvalue weighted by Crippen LogP contribution is 2.42. The van der Waals surface area contributed by atoms with Crippen molar-refractivity contribution in [3.05, 3.63) is 35.4 Å². The third kappa shape index (κ3) is 3.16. The second kappa shape index (κ2) is 5.91. The van der Waals surface area contributed by atoms with E-state index in [1.807, 2.05) is 0 Å². The molecule has 4 N–H and O–H groups in total. The van der Waals surface area contributed by atoms with Gasteiger partial charge in [0.1, 0.15) is 0 Å². The van der Waals surface area contributed by atoms with Crippen molar-refractivity contribution >= 4 is 29.9 Å². The van der Waals surface area contributed by atoms with E-state index in [9.17, 15) is 0 Å². The average Bonchev–Trinajstić information content (AvgIpc) is 2.28. The first-order valence-electron chi connectivity index (χ1n) is 6.15. The van der Waals surface area contributed by atoms with Gasteiger partial charge in [0.05, 0.1) is 0 Å². The zero-order chi connectivity index (χ0) is 12.5. The lowest BCUT2D eigenvalue weighted by atomic mass is 9.69. The Labute approximate surface area is 126 Å². The van der Waals surface area contributed by atoms with E-state index in [0.717, 1.165) is 6.42 Å². The molecule has 0 bridgehead atoms. The molecule has 0 saturated heterocycles. The van der Waals surface area contributed by atoms with Crippen LogP contribution >= 0.6 is 24.0 Å². The van der Waals surface area contributed by atoms with Crippen molar-refractivity contribution < 1.29 is 0 Å². The van der Waals surface area contributed by atoms with Crippen LogP contribution in [0, 0.1) is 0 Å². The van der Waals surface area contributed by atoms with Crippen molar-refractivity contribution in [2.75, 3.05) is 6.54 Å². The Hall–Kier alpha value is -0.780. The van der Waals surface area contributed by atoms with Crippen LogP contribution in [0.15, 0.2) is 29.3 Å². The van der Waals surface area contributed by atoms with Gasteiger partial charge in [-0.1, -0.05) is 38.1 Å². The summed E-state index contributed by atoms with van der Waals surface area (Å²) in [6, 6.07) is 8.66. The monoisotopic (exact) mass is 359 g/mol. The summed E-state index contributed by atoms with van der Waals surface area (Å²) < 4.78 is 0. The summed E-state index contributed by atoms with van der Waals surface area (Å²) in [5.41, 5.74) is 13.9. The summed E-state index contributed by atoms with van der Waals surface area (Å²) in [5.74, 6) is 0.647. The maximum atomic E-state index is 5.41. The summed E-state index contributed by atoms with van der Waals surface area (Å²) in [4.78, 5) is 4.17. The quantitative estimate of drug-likeness (QED) is 0.485. The molecular weight excluding hydrogens is 337 g/mol. The van der Waals surface area contributed by atoms with E-state index in [4.69, 9.17) is 11.5 Å². The van der Waals surface area contributed by atoms with Gasteiger partial charge in [0.25, 0.3) is 0 Å². The van der Waals surface area contributed by atoms with Crippen LogP contribution in [0.2, 0.25) is 0 Å². The average molecular weight is 359 g/mol. The number of halogens is 1. The second-order valence-corrected chi connectivity index (χ2v) is 5.47. The second-order valence-electron chi connectivity index (χ2n) is 5.47. The molecular formula is C14H22IN3. The maximum absolute atomic E-state index is 5.41. The van der Waals surface area contributed by atoms with Gasteiger partial charge < -0.3 is 11.5 Å². The molecule has 0 amide bonds. The minimum atomic E-state index is 0. The van der Waals surface area contributed by atoms with Gasteiger partial charge in [0, 0.05) is 12.5 Å². The van der Waals surface area contributed by atoms with Crippen molar-refractivity contribution in [2.45, 2.75) is 38.0 Å². The SMILES string of the molecule is CC1(C)CCC(CN=C(N)N)c2ccccc21.I. The van der Waals surface area contributed by atoms with Gasteiger partial charge in [-0.15, -0.1) is 24.0 Å². The highest BCUT2D eigenvalue weighted by molar-refractivity contribution is 14.0. The molecule has 1 aliphatic carbocycles. The van der Waals surface area contributed by atoms with Gasteiger partial charge in [-0.05, 0) is 29.4 Å². The molecule has 1 aromatic carbocycles. The van der Waals surface area contributed by atoms with E-state index >= 15 is 0 Å². The Morgan fingerprint density at radius 1 is 1.33 bits per heavy atom. The van der Waals surface area contributed by atoms with Crippen LogP contribution in [-0.2, 0) is 5.41 Å². The lowest BCUT2D eigenvalue weighted by Gasteiger charge is -2.36. The molecule has 3 nitrogen and oxygen atoms in total. The third-order valence-corrected chi connectivity index (χ3v) is 3.74. The predicted molar refractivity (Wildman–Crippen MR) is 87.5 cm³/mol. The molecule has 0 fully saturated rings. The van der Waals surface area contributed by atoms with E-state index in [-0.39, 0.29) is 35.4 Å². The number of benzene rings is 1. The number of nitrogens with zero attached hydrogens (tertiary/aromatic N) is 1. The molecule has 1 aliphatic rings. The van der Waals surface area contributed by atoms with E-state index in [2.05, 4.69) is 43.1 Å². The van der Waals surface area contributed by atoms with Gasteiger partial charge in [0.15, 0.2) is 5.96 Å². The lowest BCUT2D eigenvalue weighted by molar-refractivity contribution is 0.395. The zero-order valence-corrected chi connectivity index (χ0v) is 13.3. The molecule has 0 spiro atoms. The van der Waals surface area contributed by atoms with Crippen molar-refractivity contribution in [3.63, 3.8) is 0 Å². The van der Waals surface area contributed by atoms with Crippen LogP contribution in [0.25, 0.3) is 0 Å². The topological polar surface area (TPSA) is 64.4 Å². The summed E-state index contributed by atoms with van der Waals surface area (Å²) in [6.45, 7) is 5.32. The number of nitrogens with two attached hydrogens (primary N) is 2. The van der Waals surface area contributed by atoms with Crippen LogP contribution in [0.4, 0.5) is 0 Å². The molecule has 1 atom stereocenters. The van der Waals surface area contributed by atoms with Gasteiger partial charge >= 0.3 is 0 Å². The predicted octanol–water partition coefficient (Wildman–Crippen LogP) is 2.73. The molecule has 0 radical (unpaired) electrons. The molecule has 1 unspecified atom stereocenters. The first-order valence-corrected chi connectivity index (χ1v) is 6.15. The number of rotatable bonds is 2. The largest absolute Gasteiger partial charge is 0.370 e. The first-order chi connectivity index (χ1) is 8.00. The molecule has 100 valence electrons. The van der Waals surface area contributed by atoms with Crippen molar-refractivity contribution in [3.8, 4) is 0 Å².